The molecule has 72 valence electrons. The van der Waals surface area contributed by atoms with Gasteiger partial charge in [-0.3, -0.25) is 0 Å². The lowest BCUT2D eigenvalue weighted by Crippen LogP contribution is -2.01. The van der Waals surface area contributed by atoms with Crippen LogP contribution in [0.1, 0.15) is 5.56 Å². The Morgan fingerprint density at radius 1 is 1.43 bits per heavy atom. The minimum Gasteiger partial charge on any atom is -0.422 e. The van der Waals surface area contributed by atoms with Gasteiger partial charge in [-0.05, 0) is 46.6 Å². The summed E-state index contributed by atoms with van der Waals surface area (Å²) in [6.45, 7) is 1.85. The topological polar surface area (TPSA) is 30.2 Å². The van der Waals surface area contributed by atoms with E-state index < -0.39 is 0 Å². The highest BCUT2D eigenvalue weighted by Gasteiger charge is 2.08. The summed E-state index contributed by atoms with van der Waals surface area (Å²) in [7, 11) is 0. The molecule has 0 bridgehead atoms. The second kappa shape index (κ2) is 3.41. The fraction of sp³-hybridized carbons (Fsp3) is 0.100. The standard InChI is InChI=1S/C10H6BrClO2/c1-5-7-4-6(12)2-3-8(7)14-10(13)9(5)11/h2-4H,1H3. The molecule has 0 aliphatic carbocycles. The first-order chi connectivity index (χ1) is 6.59. The molecule has 0 spiro atoms. The fourth-order valence-electron chi connectivity index (χ4n) is 1.30. The summed E-state index contributed by atoms with van der Waals surface area (Å²) >= 11 is 9.02. The summed E-state index contributed by atoms with van der Waals surface area (Å²) in [5.74, 6) is 0. The van der Waals surface area contributed by atoms with E-state index in [9.17, 15) is 4.79 Å². The first-order valence-corrected chi connectivity index (χ1v) is 5.15. The first-order valence-electron chi connectivity index (χ1n) is 3.98. The van der Waals surface area contributed by atoms with Crippen LogP contribution in [0.15, 0.2) is 31.9 Å². The van der Waals surface area contributed by atoms with E-state index >= 15 is 0 Å². The predicted molar refractivity (Wildman–Crippen MR) is 59.9 cm³/mol. The third-order valence-corrected chi connectivity index (χ3v) is 3.21. The molecule has 0 fully saturated rings. The second-order valence-electron chi connectivity index (χ2n) is 2.97. The van der Waals surface area contributed by atoms with E-state index in [0.717, 1.165) is 10.9 Å². The van der Waals surface area contributed by atoms with Gasteiger partial charge in [0.15, 0.2) is 0 Å². The van der Waals surface area contributed by atoms with Crippen molar-refractivity contribution in [1.82, 2.24) is 0 Å². The summed E-state index contributed by atoms with van der Waals surface area (Å²) in [5.41, 5.74) is 1.04. The molecule has 0 saturated heterocycles. The Kier molecular flexibility index (Phi) is 2.37. The van der Waals surface area contributed by atoms with Crippen molar-refractivity contribution in [3.05, 3.63) is 43.7 Å². The van der Waals surface area contributed by atoms with Crippen LogP contribution in [0.4, 0.5) is 0 Å². The average molecular weight is 274 g/mol. The van der Waals surface area contributed by atoms with Crippen molar-refractivity contribution >= 4 is 38.5 Å². The second-order valence-corrected chi connectivity index (χ2v) is 4.20. The van der Waals surface area contributed by atoms with Crippen LogP contribution in [-0.2, 0) is 0 Å². The smallest absolute Gasteiger partial charge is 0.350 e. The van der Waals surface area contributed by atoms with E-state index in [1.807, 2.05) is 6.92 Å². The molecule has 0 radical (unpaired) electrons. The van der Waals surface area contributed by atoms with E-state index in [1.165, 1.54) is 0 Å². The van der Waals surface area contributed by atoms with Crippen molar-refractivity contribution in [2.24, 2.45) is 0 Å². The molecule has 0 aliphatic heterocycles. The van der Waals surface area contributed by atoms with Crippen molar-refractivity contribution in [3.63, 3.8) is 0 Å². The van der Waals surface area contributed by atoms with Crippen molar-refractivity contribution in [2.45, 2.75) is 6.92 Å². The normalized spacial score (nSPS) is 10.8. The highest BCUT2D eigenvalue weighted by Crippen LogP contribution is 2.25. The highest BCUT2D eigenvalue weighted by molar-refractivity contribution is 9.10. The molecule has 1 heterocycles. The molecule has 4 heteroatoms. The van der Waals surface area contributed by atoms with Crippen molar-refractivity contribution in [1.29, 1.82) is 0 Å². The predicted octanol–water partition coefficient (Wildman–Crippen LogP) is 3.52. The zero-order valence-corrected chi connectivity index (χ0v) is 9.65. The Balaban J connectivity index is 2.99. The van der Waals surface area contributed by atoms with Gasteiger partial charge < -0.3 is 4.42 Å². The maximum absolute atomic E-state index is 11.3. The molecule has 2 nitrogen and oxygen atoms in total. The van der Waals surface area contributed by atoms with E-state index in [4.69, 9.17) is 16.0 Å². The van der Waals surface area contributed by atoms with Gasteiger partial charge in [0, 0.05) is 10.4 Å². The number of rotatable bonds is 0. The molecule has 1 aromatic heterocycles. The molecular weight excluding hydrogens is 267 g/mol. The van der Waals surface area contributed by atoms with Crippen LogP contribution in [0.3, 0.4) is 0 Å². The SMILES string of the molecule is Cc1c(Br)c(=O)oc2ccc(Cl)cc12. The van der Waals surface area contributed by atoms with Crippen molar-refractivity contribution in [2.75, 3.05) is 0 Å². The largest absolute Gasteiger partial charge is 0.422 e. The van der Waals surface area contributed by atoms with Gasteiger partial charge in [0.2, 0.25) is 0 Å². The molecular formula is C10H6BrClO2. The Morgan fingerprint density at radius 2 is 2.14 bits per heavy atom. The third kappa shape index (κ3) is 1.47. The van der Waals surface area contributed by atoms with Crippen LogP contribution in [-0.4, -0.2) is 0 Å². The monoisotopic (exact) mass is 272 g/mol. The highest BCUT2D eigenvalue weighted by atomic mass is 79.9. The minimum absolute atomic E-state index is 0.364. The molecule has 0 saturated carbocycles. The Morgan fingerprint density at radius 3 is 2.86 bits per heavy atom. The van der Waals surface area contributed by atoms with E-state index in [-0.39, 0.29) is 5.63 Å². The van der Waals surface area contributed by atoms with Gasteiger partial charge in [0.25, 0.3) is 0 Å². The number of aryl methyl sites for hydroxylation is 1. The lowest BCUT2D eigenvalue weighted by Gasteiger charge is -2.02. The Hall–Kier alpha value is -0.800. The lowest BCUT2D eigenvalue weighted by atomic mass is 10.1. The maximum atomic E-state index is 11.3. The van der Waals surface area contributed by atoms with Gasteiger partial charge in [-0.1, -0.05) is 11.6 Å². The summed E-state index contributed by atoms with van der Waals surface area (Å²) in [6.07, 6.45) is 0. The van der Waals surface area contributed by atoms with Crippen LogP contribution in [0.2, 0.25) is 5.02 Å². The van der Waals surface area contributed by atoms with Crippen LogP contribution in [0.5, 0.6) is 0 Å². The summed E-state index contributed by atoms with van der Waals surface area (Å²) in [4.78, 5) is 11.3. The summed E-state index contributed by atoms with van der Waals surface area (Å²) in [6, 6.07) is 5.17. The molecule has 0 aliphatic rings. The molecule has 2 aromatic rings. The zero-order chi connectivity index (χ0) is 10.3. The van der Waals surface area contributed by atoms with Crippen LogP contribution >= 0.6 is 27.5 Å². The summed E-state index contributed by atoms with van der Waals surface area (Å²) in [5, 5.41) is 1.48. The number of halogens is 2. The average Bonchev–Trinajstić information content (AvgIpc) is 2.16. The quantitative estimate of drug-likeness (QED) is 0.688. The summed E-state index contributed by atoms with van der Waals surface area (Å²) < 4.78 is 5.52. The van der Waals surface area contributed by atoms with Gasteiger partial charge in [0.1, 0.15) is 10.1 Å². The number of hydrogen-bond acceptors (Lipinski definition) is 2. The third-order valence-electron chi connectivity index (χ3n) is 2.06. The maximum Gasteiger partial charge on any atom is 0.350 e. The van der Waals surface area contributed by atoms with E-state index in [1.54, 1.807) is 18.2 Å². The first kappa shape index (κ1) is 9.74. The number of benzene rings is 1. The van der Waals surface area contributed by atoms with E-state index in [0.29, 0.717) is 15.1 Å². The van der Waals surface area contributed by atoms with Gasteiger partial charge in [-0.2, -0.15) is 0 Å². The van der Waals surface area contributed by atoms with Gasteiger partial charge in [-0.25, -0.2) is 4.79 Å². The van der Waals surface area contributed by atoms with Gasteiger partial charge in [0.05, 0.1) is 0 Å². The van der Waals surface area contributed by atoms with Gasteiger partial charge in [-0.15, -0.1) is 0 Å². The Labute approximate surface area is 93.6 Å². The molecule has 2 rings (SSSR count). The van der Waals surface area contributed by atoms with Crippen molar-refractivity contribution in [3.8, 4) is 0 Å². The fourth-order valence-corrected chi connectivity index (χ4v) is 1.77. The molecule has 14 heavy (non-hydrogen) atoms. The number of hydrogen-bond donors (Lipinski definition) is 0. The molecule has 0 amide bonds. The molecule has 0 N–H and O–H groups in total. The van der Waals surface area contributed by atoms with Crippen LogP contribution in [0, 0.1) is 6.92 Å². The van der Waals surface area contributed by atoms with Crippen LogP contribution < -0.4 is 5.63 Å². The Bertz CT molecular complexity index is 560. The van der Waals surface area contributed by atoms with Crippen molar-refractivity contribution < 1.29 is 4.42 Å². The minimum atomic E-state index is -0.364. The van der Waals surface area contributed by atoms with Gasteiger partial charge >= 0.3 is 5.63 Å². The lowest BCUT2D eigenvalue weighted by molar-refractivity contribution is 0.555. The zero-order valence-electron chi connectivity index (χ0n) is 7.30. The number of fused-ring (bicyclic) bond motifs is 1. The molecule has 0 atom stereocenters. The molecule has 0 unspecified atom stereocenters. The molecule has 1 aromatic carbocycles. The van der Waals surface area contributed by atoms with Crippen LogP contribution in [0.25, 0.3) is 11.0 Å². The van der Waals surface area contributed by atoms with E-state index in [2.05, 4.69) is 15.9 Å².